The summed E-state index contributed by atoms with van der Waals surface area (Å²) in [4.78, 5) is 0. The molecule has 0 fully saturated rings. The molecule has 1 unspecified atom stereocenters. The van der Waals surface area contributed by atoms with Crippen molar-refractivity contribution < 1.29 is 4.39 Å². The number of nitrogens with zero attached hydrogens (tertiary/aromatic N) is 2. The molecule has 102 valence electrons. The first kappa shape index (κ1) is 13.3. The number of hydrogen-bond acceptors (Lipinski definition) is 3. The zero-order chi connectivity index (χ0) is 13.9. The van der Waals surface area contributed by atoms with Crippen molar-refractivity contribution >= 4 is 31.6 Å². The van der Waals surface area contributed by atoms with Crippen LogP contribution in [0, 0.1) is 5.82 Å². The molecular weight excluding hydrogens is 320 g/mol. The van der Waals surface area contributed by atoms with E-state index in [1.54, 1.807) is 6.07 Å². The van der Waals surface area contributed by atoms with Gasteiger partial charge in [0.05, 0.1) is 0 Å². The Morgan fingerprint density at radius 3 is 2.85 bits per heavy atom. The minimum atomic E-state index is -0.150. The van der Waals surface area contributed by atoms with E-state index in [4.69, 9.17) is 0 Å². The summed E-state index contributed by atoms with van der Waals surface area (Å²) in [7, 11) is 0. The molecule has 0 spiro atoms. The summed E-state index contributed by atoms with van der Waals surface area (Å²) in [6.45, 7) is 2.04. The Hall–Kier alpha value is -1.71. The van der Waals surface area contributed by atoms with Gasteiger partial charge in [-0.15, -0.1) is 0 Å². The van der Waals surface area contributed by atoms with Gasteiger partial charge in [0.1, 0.15) is 0 Å². The summed E-state index contributed by atoms with van der Waals surface area (Å²) in [5.74, 6) is -0.150. The normalized spacial score (nSPS) is 13.7. The first-order chi connectivity index (χ1) is 9.74. The fraction of sp³-hybridized carbons (Fsp3) is 0.200. The molecule has 1 atom stereocenters. The van der Waals surface area contributed by atoms with E-state index in [-0.39, 0.29) is 26.4 Å². The molecule has 1 N–H and O–H groups in total. The van der Waals surface area contributed by atoms with Gasteiger partial charge < -0.3 is 0 Å². The molecule has 0 saturated carbocycles. The predicted molar refractivity (Wildman–Crippen MR) is 79.6 cm³/mol. The molecular formula is C15H14FN3Se. The maximum atomic E-state index is 13.6. The van der Waals surface area contributed by atoms with Gasteiger partial charge in [-0.1, -0.05) is 0 Å². The summed E-state index contributed by atoms with van der Waals surface area (Å²) in [5.41, 5.74) is 3.60. The molecule has 0 saturated heterocycles. The number of halogens is 1. The van der Waals surface area contributed by atoms with Gasteiger partial charge in [-0.25, -0.2) is 0 Å². The third-order valence-electron chi connectivity index (χ3n) is 3.17. The van der Waals surface area contributed by atoms with Crippen molar-refractivity contribution in [2.24, 2.45) is 7.92 Å². The van der Waals surface area contributed by atoms with Gasteiger partial charge in [-0.05, 0) is 0 Å². The van der Waals surface area contributed by atoms with Gasteiger partial charge in [-0.2, -0.15) is 0 Å². The third kappa shape index (κ3) is 2.74. The molecule has 1 aliphatic rings. The fourth-order valence-corrected chi connectivity index (χ4v) is 3.39. The molecule has 3 rings (SSSR count). The van der Waals surface area contributed by atoms with E-state index in [1.165, 1.54) is 6.07 Å². The predicted octanol–water partition coefficient (Wildman–Crippen LogP) is 4.22. The second-order valence-corrected chi connectivity index (χ2v) is 5.89. The van der Waals surface area contributed by atoms with E-state index in [2.05, 4.69) is 13.2 Å². The van der Waals surface area contributed by atoms with Gasteiger partial charge >= 0.3 is 122 Å². The Labute approximate surface area is 123 Å². The van der Waals surface area contributed by atoms with Crippen molar-refractivity contribution in [3.8, 4) is 0 Å². The third-order valence-corrected chi connectivity index (χ3v) is 4.31. The summed E-state index contributed by atoms with van der Waals surface area (Å²) >= 11 is -0.0328. The molecule has 3 nitrogen and oxygen atoms in total. The van der Waals surface area contributed by atoms with Crippen molar-refractivity contribution in [1.82, 2.24) is 0 Å². The molecule has 2 aromatic rings. The van der Waals surface area contributed by atoms with E-state index in [9.17, 15) is 4.39 Å². The van der Waals surface area contributed by atoms with Crippen molar-refractivity contribution in [3.05, 3.63) is 53.8 Å². The molecule has 0 aliphatic carbocycles. The van der Waals surface area contributed by atoms with Crippen LogP contribution in [-0.2, 0) is 6.42 Å². The average molecular weight is 334 g/mol. The molecule has 1 aliphatic heterocycles. The quantitative estimate of drug-likeness (QED) is 0.713. The van der Waals surface area contributed by atoms with Crippen LogP contribution in [0.25, 0.3) is 0 Å². The summed E-state index contributed by atoms with van der Waals surface area (Å²) in [6.07, 6.45) is 0.638. The first-order valence-electron chi connectivity index (χ1n) is 6.45. The molecule has 0 bridgehead atoms. The fourth-order valence-electron chi connectivity index (χ4n) is 2.23. The van der Waals surface area contributed by atoms with Gasteiger partial charge in [0.15, 0.2) is 0 Å². The average Bonchev–Trinajstić information content (AvgIpc) is 2.91. The molecule has 0 radical (unpaired) electrons. The van der Waals surface area contributed by atoms with Gasteiger partial charge in [0, 0.05) is 0 Å². The number of anilines is 1. The van der Waals surface area contributed by atoms with Crippen LogP contribution in [0.5, 0.6) is 0 Å². The zero-order valence-corrected chi connectivity index (χ0v) is 12.7. The van der Waals surface area contributed by atoms with Crippen LogP contribution < -0.4 is 5.32 Å². The van der Waals surface area contributed by atoms with E-state index in [1.807, 2.05) is 37.3 Å². The first-order valence-corrected chi connectivity index (χ1v) is 7.98. The van der Waals surface area contributed by atoms with Crippen molar-refractivity contribution in [2.75, 3.05) is 5.32 Å². The van der Waals surface area contributed by atoms with Gasteiger partial charge in [0.25, 0.3) is 0 Å². The van der Waals surface area contributed by atoms with Crippen molar-refractivity contribution in [2.45, 2.75) is 19.4 Å². The number of rotatable bonds is 4. The monoisotopic (exact) mass is 335 g/mol. The molecule has 2 aromatic carbocycles. The van der Waals surface area contributed by atoms with Gasteiger partial charge in [-0.3, -0.25) is 0 Å². The van der Waals surface area contributed by atoms with E-state index >= 15 is 0 Å². The molecule has 0 aromatic heterocycles. The van der Waals surface area contributed by atoms with Crippen LogP contribution in [-0.4, -0.2) is 20.6 Å². The summed E-state index contributed by atoms with van der Waals surface area (Å²) in [5, 5.41) is 3.41. The van der Waals surface area contributed by atoms with Crippen LogP contribution in [0.3, 0.4) is 0 Å². The number of hydrogen-bond donors (Lipinski definition) is 1. The van der Waals surface area contributed by atoms with Crippen LogP contribution in [0.2, 0.25) is 0 Å². The summed E-state index contributed by atoms with van der Waals surface area (Å²) < 4.78 is 22.4. The molecule has 5 heteroatoms. The van der Waals surface area contributed by atoms with Crippen LogP contribution in [0.1, 0.15) is 12.5 Å². The van der Waals surface area contributed by atoms with E-state index in [0.717, 1.165) is 22.6 Å². The number of nitrogens with one attached hydrogen (secondary N) is 1. The minimum absolute atomic E-state index is 0.0328. The number of fused-ring (bicyclic) bond motifs is 1. The Balaban J connectivity index is 1.74. The topological polar surface area (TPSA) is 36.8 Å². The standard InChI is InChI=1S/C15H14FN3Se/c1-10(9-11-5-2-3-6-12(11)16)17-13-7-4-8-14-15(13)19-20-18-14/h2-8,10,17H,9H2,1H3. The molecule has 0 amide bonds. The zero-order valence-electron chi connectivity index (χ0n) is 11.0. The van der Waals surface area contributed by atoms with Crippen molar-refractivity contribution in [3.63, 3.8) is 0 Å². The van der Waals surface area contributed by atoms with Crippen LogP contribution >= 0.6 is 0 Å². The second-order valence-electron chi connectivity index (χ2n) is 4.78. The SMILES string of the molecule is CC(Cc1ccccc1F)Nc1cccc2c1N=[Se]=N2. The van der Waals surface area contributed by atoms with E-state index in [0.29, 0.717) is 6.42 Å². The molecule has 1 heterocycles. The van der Waals surface area contributed by atoms with Crippen LogP contribution in [0.4, 0.5) is 21.5 Å². The van der Waals surface area contributed by atoms with E-state index < -0.39 is 0 Å². The number of benzene rings is 2. The Morgan fingerprint density at radius 2 is 2.00 bits per heavy atom. The Kier molecular flexibility index (Phi) is 3.81. The Morgan fingerprint density at radius 1 is 1.15 bits per heavy atom. The molecule has 20 heavy (non-hydrogen) atoms. The second kappa shape index (κ2) is 5.73. The maximum absolute atomic E-state index is 13.6. The Bertz CT molecular complexity index is 708. The summed E-state index contributed by atoms with van der Waals surface area (Å²) in [6, 6.07) is 13.0. The van der Waals surface area contributed by atoms with Crippen molar-refractivity contribution in [1.29, 1.82) is 0 Å². The van der Waals surface area contributed by atoms with Gasteiger partial charge in [0.2, 0.25) is 0 Å². The van der Waals surface area contributed by atoms with Crippen LogP contribution in [0.15, 0.2) is 50.4 Å².